The number of unbranched alkanes of at least 4 members (excludes halogenated alkanes) is 15. The molecule has 0 unspecified atom stereocenters. The maximum atomic E-state index is 13.4. The summed E-state index contributed by atoms with van der Waals surface area (Å²) >= 11 is 0. The molecule has 8 nitrogen and oxygen atoms in total. The van der Waals surface area contributed by atoms with Gasteiger partial charge >= 0.3 is 5.97 Å². The molecule has 3 heterocycles. The Labute approximate surface area is 392 Å². The van der Waals surface area contributed by atoms with Crippen LogP contribution in [-0.4, -0.2) is 87.8 Å². The summed E-state index contributed by atoms with van der Waals surface area (Å²) in [6, 6.07) is 0. The summed E-state index contributed by atoms with van der Waals surface area (Å²) in [7, 11) is 0. The monoisotopic (exact) mass is 899 g/mol. The second-order valence-corrected chi connectivity index (χ2v) is 23.4. The van der Waals surface area contributed by atoms with Crippen molar-refractivity contribution >= 4 is 5.97 Å². The molecule has 0 aromatic heterocycles. The topological polar surface area (TPSA) is 81.7 Å². The van der Waals surface area contributed by atoms with Gasteiger partial charge in [-0.25, -0.2) is 4.79 Å². The molecule has 3 saturated heterocycles. The molecule has 370 valence electrons. The normalized spacial score (nSPS) is 29.2. The summed E-state index contributed by atoms with van der Waals surface area (Å²) < 4.78 is 45.1. The molecule has 4 saturated carbocycles. The summed E-state index contributed by atoms with van der Waals surface area (Å²) in [4.78, 5) is 13.4. The molecule has 0 aromatic rings. The zero-order chi connectivity index (χ0) is 45.3. The van der Waals surface area contributed by atoms with Crippen molar-refractivity contribution in [2.45, 2.75) is 262 Å². The van der Waals surface area contributed by atoms with Crippen molar-refractivity contribution in [1.82, 2.24) is 0 Å². The number of ether oxygens (including phenoxy) is 7. The summed E-state index contributed by atoms with van der Waals surface area (Å²) in [6.07, 6.45) is 38.8. The molecule has 7 rings (SSSR count). The number of carbonyl (C=O) groups excluding carboxylic acids is 1. The lowest BCUT2D eigenvalue weighted by molar-refractivity contribution is -0.327. The fourth-order valence-electron chi connectivity index (χ4n) is 13.5. The number of rotatable bonds is 38. The fourth-order valence-corrected chi connectivity index (χ4v) is 13.5. The third-order valence-corrected chi connectivity index (χ3v) is 16.9. The van der Waals surface area contributed by atoms with Gasteiger partial charge in [0, 0.05) is 80.2 Å². The first-order chi connectivity index (χ1) is 31.0. The van der Waals surface area contributed by atoms with Crippen LogP contribution in [0.2, 0.25) is 0 Å². The summed E-state index contributed by atoms with van der Waals surface area (Å²) in [5.74, 6) is -0.290. The van der Waals surface area contributed by atoms with E-state index in [9.17, 15) is 4.79 Å². The van der Waals surface area contributed by atoms with Crippen LogP contribution in [0.25, 0.3) is 0 Å². The summed E-state index contributed by atoms with van der Waals surface area (Å²) in [6.45, 7) is 20.7. The van der Waals surface area contributed by atoms with E-state index in [1.165, 1.54) is 154 Å². The molecule has 3 aliphatic heterocycles. The van der Waals surface area contributed by atoms with Crippen LogP contribution in [-0.2, 0) is 38.0 Å². The molecule has 7 fully saturated rings. The fraction of sp³-hybridized carbons (Fsp3) is 0.946. The Kier molecular flexibility index (Phi) is 20.5. The van der Waals surface area contributed by atoms with Crippen LogP contribution < -0.4 is 0 Å². The highest BCUT2D eigenvalue weighted by molar-refractivity contribution is 5.87. The van der Waals surface area contributed by atoms with E-state index in [1.807, 2.05) is 0 Å². The lowest BCUT2D eigenvalue weighted by Gasteiger charge is -2.68. The van der Waals surface area contributed by atoms with Gasteiger partial charge in [0.25, 0.3) is 0 Å². The Bertz CT molecular complexity index is 1230. The minimum atomic E-state index is -0.665. The third kappa shape index (κ3) is 14.7. The quantitative estimate of drug-likeness (QED) is 0.0344. The van der Waals surface area contributed by atoms with Crippen LogP contribution >= 0.6 is 0 Å². The zero-order valence-corrected chi connectivity index (χ0v) is 42.2. The Balaban J connectivity index is 1.02. The van der Waals surface area contributed by atoms with Gasteiger partial charge in [-0.05, 0) is 64.7 Å². The first-order valence-electron chi connectivity index (χ1n) is 27.5. The van der Waals surface area contributed by atoms with Crippen LogP contribution in [0, 0.1) is 16.2 Å². The summed E-state index contributed by atoms with van der Waals surface area (Å²) in [5.41, 5.74) is -0.0803. The maximum absolute atomic E-state index is 13.4. The number of hydrogen-bond acceptors (Lipinski definition) is 8. The van der Waals surface area contributed by atoms with E-state index in [0.29, 0.717) is 21.8 Å². The number of hydrogen-bond donors (Lipinski definition) is 0. The van der Waals surface area contributed by atoms with Gasteiger partial charge in [0.1, 0.15) is 5.60 Å². The second-order valence-electron chi connectivity index (χ2n) is 23.4. The van der Waals surface area contributed by atoms with Crippen molar-refractivity contribution in [3.05, 3.63) is 12.2 Å². The van der Waals surface area contributed by atoms with Crippen molar-refractivity contribution in [3.63, 3.8) is 0 Å². The highest BCUT2D eigenvalue weighted by atomic mass is 16.6. The van der Waals surface area contributed by atoms with Crippen LogP contribution in [0.3, 0.4) is 0 Å². The van der Waals surface area contributed by atoms with Crippen molar-refractivity contribution in [2.75, 3.05) is 59.5 Å². The van der Waals surface area contributed by atoms with Gasteiger partial charge in [0.15, 0.2) is 0 Å². The Hall–Kier alpha value is -1.03. The molecule has 4 bridgehead atoms. The van der Waals surface area contributed by atoms with E-state index >= 15 is 0 Å². The average Bonchev–Trinajstić information content (AvgIpc) is 3.21. The molecule has 0 amide bonds. The molecule has 64 heavy (non-hydrogen) atoms. The van der Waals surface area contributed by atoms with Gasteiger partial charge in [-0.3, -0.25) is 0 Å². The summed E-state index contributed by atoms with van der Waals surface area (Å²) in [5, 5.41) is 0. The maximum Gasteiger partial charge on any atom is 0.333 e. The first kappa shape index (κ1) is 52.3. The van der Waals surface area contributed by atoms with Crippen LogP contribution in [0.15, 0.2) is 12.2 Å². The largest absolute Gasteiger partial charge is 0.455 e. The van der Waals surface area contributed by atoms with E-state index < -0.39 is 22.4 Å². The Morgan fingerprint density at radius 2 is 0.672 bits per heavy atom. The van der Waals surface area contributed by atoms with Crippen molar-refractivity contribution in [1.29, 1.82) is 0 Å². The van der Waals surface area contributed by atoms with Crippen molar-refractivity contribution in [2.24, 2.45) is 16.2 Å². The highest BCUT2D eigenvalue weighted by Crippen LogP contribution is 2.65. The van der Waals surface area contributed by atoms with Gasteiger partial charge in [0.05, 0.1) is 56.4 Å². The van der Waals surface area contributed by atoms with Crippen molar-refractivity contribution < 1.29 is 38.0 Å². The third-order valence-electron chi connectivity index (χ3n) is 16.9. The molecule has 0 aromatic carbocycles. The van der Waals surface area contributed by atoms with Crippen LogP contribution in [0.5, 0.6) is 0 Å². The van der Waals surface area contributed by atoms with Crippen molar-refractivity contribution in [3.8, 4) is 0 Å². The van der Waals surface area contributed by atoms with Gasteiger partial charge in [-0.1, -0.05) is 143 Å². The molecule has 0 spiro atoms. The molecule has 8 heteroatoms. The number of esters is 1. The smallest absolute Gasteiger partial charge is 0.333 e. The molecule has 0 atom stereocenters. The van der Waals surface area contributed by atoms with Crippen LogP contribution in [0.4, 0.5) is 0 Å². The van der Waals surface area contributed by atoms with Crippen LogP contribution in [0.1, 0.15) is 240 Å². The second kappa shape index (κ2) is 25.0. The average molecular weight is 899 g/mol. The first-order valence-corrected chi connectivity index (χ1v) is 27.5. The molecule has 0 radical (unpaired) electrons. The van der Waals surface area contributed by atoms with Gasteiger partial charge in [0.2, 0.25) is 0 Å². The Morgan fingerprint density at radius 1 is 0.406 bits per heavy atom. The zero-order valence-electron chi connectivity index (χ0n) is 42.2. The SMILES string of the molecule is C=C(C)C(=O)OC12CC3(OCCCCCCCC4(CCCC)COC4)CC(OCCCCCCCC4(CCCC)COC4)(CC(OCCCCCCCC4(CCCC)COC4)(C3)C1)C2. The lowest BCUT2D eigenvalue weighted by Crippen LogP contribution is -2.74. The number of carbonyl (C=O) groups is 1. The highest BCUT2D eigenvalue weighted by Gasteiger charge is 2.72. The predicted octanol–water partition coefficient (Wildman–Crippen LogP) is 14.1. The molecule has 4 aliphatic carbocycles. The van der Waals surface area contributed by atoms with E-state index in [4.69, 9.17) is 33.2 Å². The van der Waals surface area contributed by atoms with Gasteiger partial charge in [-0.2, -0.15) is 0 Å². The minimum absolute atomic E-state index is 0.290. The van der Waals surface area contributed by atoms with E-state index in [-0.39, 0.29) is 5.97 Å². The predicted molar refractivity (Wildman–Crippen MR) is 259 cm³/mol. The van der Waals surface area contributed by atoms with Gasteiger partial charge in [-0.15, -0.1) is 0 Å². The molecular formula is C56H98O8. The van der Waals surface area contributed by atoms with E-state index in [1.54, 1.807) is 6.92 Å². The minimum Gasteiger partial charge on any atom is -0.455 e. The Morgan fingerprint density at radius 3 is 0.938 bits per heavy atom. The molecule has 0 N–H and O–H groups in total. The molecule has 7 aliphatic rings. The van der Waals surface area contributed by atoms with E-state index in [0.717, 1.165) is 117 Å². The van der Waals surface area contributed by atoms with Gasteiger partial charge < -0.3 is 33.2 Å². The lowest BCUT2D eigenvalue weighted by atomic mass is 9.48. The standard InChI is InChI=1S/C56H98O8/c1-6-9-27-50(42-58-43-50)30-21-15-12-18-24-33-61-53-36-54(62-34-25-19-13-16-22-31-51(28-10-7-2)44-59-45-51)38-55(37-53,41-56(39-53,40-54)64-49(57)48(4)5)63-35-26-20-14-17-23-32-52(29-11-8-3)46-60-47-52/h4,6-47H2,1-3,5H3. The molecular weight excluding hydrogens is 801 g/mol. The van der Waals surface area contributed by atoms with E-state index in [2.05, 4.69) is 27.4 Å².